The Morgan fingerprint density at radius 3 is 2.58 bits per heavy atom. The van der Waals surface area contributed by atoms with Gasteiger partial charge in [-0.25, -0.2) is 0 Å². The molecular weight excluding hydrogens is 271 g/mol. The van der Waals surface area contributed by atoms with Gasteiger partial charge in [0.05, 0.1) is 0 Å². The molecule has 0 amide bonds. The smallest absolute Gasteiger partial charge is 0.135 e. The van der Waals surface area contributed by atoms with Crippen LogP contribution in [0.15, 0.2) is 48.5 Å². The van der Waals surface area contributed by atoms with Crippen LogP contribution in [-0.4, -0.2) is 7.85 Å². The van der Waals surface area contributed by atoms with Crippen LogP contribution in [0.4, 0.5) is 0 Å². The van der Waals surface area contributed by atoms with Crippen LogP contribution in [0.25, 0.3) is 30.9 Å². The molecule has 3 aromatic carbocycles. The molecule has 0 saturated carbocycles. The molecule has 0 unspecified atom stereocenters. The molecule has 0 saturated heterocycles. The average molecular weight is 281 g/mol. The van der Waals surface area contributed by atoms with E-state index in [1.165, 1.54) is 36.4 Å². The molecule has 0 N–H and O–H groups in total. The van der Waals surface area contributed by atoms with E-state index in [2.05, 4.69) is 50.3 Å². The fourth-order valence-corrected chi connectivity index (χ4v) is 4.29. The first kappa shape index (κ1) is 11.3. The number of rotatable bonds is 0. The van der Waals surface area contributed by atoms with Crippen LogP contribution in [0.2, 0.25) is 5.02 Å². The van der Waals surface area contributed by atoms with Gasteiger partial charge in [0.15, 0.2) is 0 Å². The van der Waals surface area contributed by atoms with Crippen LogP contribution < -0.4 is 5.46 Å². The first-order valence-corrected chi connectivity index (χ1v) is 7.43. The minimum atomic E-state index is 0.817. The quantitative estimate of drug-likeness (QED) is 0.425. The van der Waals surface area contributed by atoms with Gasteiger partial charge in [0, 0.05) is 25.2 Å². The number of thiophene rings is 1. The molecule has 0 bridgehead atoms. The average Bonchev–Trinajstić information content (AvgIpc) is 2.78. The van der Waals surface area contributed by atoms with Crippen LogP contribution in [0, 0.1) is 0 Å². The number of hydrogen-bond donors (Lipinski definition) is 0. The van der Waals surface area contributed by atoms with Crippen molar-refractivity contribution in [1.29, 1.82) is 0 Å². The molecule has 0 nitrogen and oxygen atoms in total. The third-order valence-corrected chi connectivity index (χ3v) is 5.22. The Hall–Kier alpha value is -1.51. The zero-order valence-electron chi connectivity index (χ0n) is 10.4. The number of fused-ring (bicyclic) bond motifs is 5. The monoisotopic (exact) mass is 280 g/mol. The molecule has 0 fully saturated rings. The van der Waals surface area contributed by atoms with E-state index in [0.717, 1.165) is 5.02 Å². The summed E-state index contributed by atoms with van der Waals surface area (Å²) >= 11 is 8.07. The Morgan fingerprint density at radius 2 is 1.68 bits per heavy atom. The summed E-state index contributed by atoms with van der Waals surface area (Å²) in [7, 11) is 2.13. The molecule has 3 heteroatoms. The summed E-state index contributed by atoms with van der Waals surface area (Å²) in [5, 5.41) is 6.03. The highest BCUT2D eigenvalue weighted by atomic mass is 35.5. The third kappa shape index (κ3) is 1.60. The predicted octanol–water partition coefficient (Wildman–Crippen LogP) is 4.12. The van der Waals surface area contributed by atoms with E-state index in [-0.39, 0.29) is 0 Å². The second kappa shape index (κ2) is 3.99. The van der Waals surface area contributed by atoms with Crippen molar-refractivity contribution in [3.63, 3.8) is 0 Å². The predicted molar refractivity (Wildman–Crippen MR) is 90.0 cm³/mol. The van der Waals surface area contributed by atoms with Crippen LogP contribution in [0.1, 0.15) is 0 Å². The Labute approximate surface area is 121 Å². The van der Waals surface area contributed by atoms with Crippen molar-refractivity contribution < 1.29 is 0 Å². The fraction of sp³-hybridized carbons (Fsp3) is 0. The minimum absolute atomic E-state index is 0.817. The van der Waals surface area contributed by atoms with Gasteiger partial charge in [-0.3, -0.25) is 0 Å². The largest absolute Gasteiger partial charge is 0.141 e. The van der Waals surface area contributed by atoms with Crippen molar-refractivity contribution in [2.24, 2.45) is 0 Å². The molecule has 0 aliphatic heterocycles. The molecule has 4 rings (SSSR count). The Bertz CT molecular complexity index is 940. The first-order chi connectivity index (χ1) is 9.24. The van der Waals surface area contributed by atoms with Crippen molar-refractivity contribution >= 4 is 67.2 Å². The second-order valence-corrected chi connectivity index (χ2v) is 6.32. The van der Waals surface area contributed by atoms with Crippen LogP contribution >= 0.6 is 22.9 Å². The van der Waals surface area contributed by atoms with Crippen LogP contribution in [-0.2, 0) is 0 Å². The van der Waals surface area contributed by atoms with Gasteiger partial charge in [0.2, 0.25) is 0 Å². The summed E-state index contributed by atoms with van der Waals surface area (Å²) in [4.78, 5) is 0. The van der Waals surface area contributed by atoms with Crippen molar-refractivity contribution in [2.75, 3.05) is 0 Å². The molecule has 0 spiro atoms. The van der Waals surface area contributed by atoms with E-state index in [4.69, 9.17) is 11.6 Å². The van der Waals surface area contributed by atoms with E-state index in [0.29, 0.717) is 0 Å². The van der Waals surface area contributed by atoms with Gasteiger partial charge in [-0.05, 0) is 22.9 Å². The molecular formula is C16H10BClS. The van der Waals surface area contributed by atoms with Gasteiger partial charge in [-0.2, -0.15) is 0 Å². The number of benzene rings is 3. The lowest BCUT2D eigenvalue weighted by atomic mass is 9.94. The lowest BCUT2D eigenvalue weighted by molar-refractivity contribution is 1.82. The van der Waals surface area contributed by atoms with Crippen molar-refractivity contribution in [3.8, 4) is 0 Å². The maximum Gasteiger partial charge on any atom is 0.141 e. The molecule has 0 aliphatic carbocycles. The van der Waals surface area contributed by atoms with Crippen molar-refractivity contribution in [1.82, 2.24) is 0 Å². The SMILES string of the molecule is Bc1cc(Cl)cc2c1sc1c3ccccc3ccc21. The molecule has 19 heavy (non-hydrogen) atoms. The van der Waals surface area contributed by atoms with Gasteiger partial charge < -0.3 is 0 Å². The zero-order valence-corrected chi connectivity index (χ0v) is 12.0. The summed E-state index contributed by atoms with van der Waals surface area (Å²) in [6, 6.07) is 17.1. The lowest BCUT2D eigenvalue weighted by Crippen LogP contribution is -2.00. The Morgan fingerprint density at radius 1 is 0.842 bits per heavy atom. The summed E-state index contributed by atoms with van der Waals surface area (Å²) in [6.45, 7) is 0. The first-order valence-electron chi connectivity index (χ1n) is 6.24. The summed E-state index contributed by atoms with van der Waals surface area (Å²) in [5.74, 6) is 0. The van der Waals surface area contributed by atoms with E-state index in [9.17, 15) is 0 Å². The molecule has 1 heterocycles. The fourth-order valence-electron chi connectivity index (χ4n) is 2.73. The number of halogens is 1. The highest BCUT2D eigenvalue weighted by Gasteiger charge is 2.10. The van der Waals surface area contributed by atoms with E-state index < -0.39 is 0 Å². The standard InChI is InChI=1S/C16H10BClS/c17-14-8-10(18)7-13-12-6-5-9-3-1-2-4-11(9)15(12)19-16(13)14/h1-8H,17H2. The Kier molecular flexibility index (Phi) is 2.38. The molecule has 90 valence electrons. The highest BCUT2D eigenvalue weighted by molar-refractivity contribution is 7.27. The topological polar surface area (TPSA) is 0 Å². The normalized spacial score (nSPS) is 11.6. The molecule has 1 aromatic heterocycles. The van der Waals surface area contributed by atoms with Gasteiger partial charge >= 0.3 is 0 Å². The second-order valence-electron chi connectivity index (χ2n) is 4.86. The molecule has 0 aliphatic rings. The zero-order chi connectivity index (χ0) is 13.0. The maximum atomic E-state index is 6.20. The lowest BCUT2D eigenvalue weighted by Gasteiger charge is -1.99. The van der Waals surface area contributed by atoms with Crippen LogP contribution in [0.5, 0.6) is 0 Å². The van der Waals surface area contributed by atoms with Gasteiger partial charge in [0.1, 0.15) is 7.85 Å². The number of hydrogen-bond acceptors (Lipinski definition) is 1. The van der Waals surface area contributed by atoms with E-state index in [1.54, 1.807) is 0 Å². The molecule has 0 radical (unpaired) electrons. The summed E-state index contributed by atoms with van der Waals surface area (Å²) < 4.78 is 2.70. The summed E-state index contributed by atoms with van der Waals surface area (Å²) in [5.41, 5.74) is 1.26. The van der Waals surface area contributed by atoms with E-state index in [1.807, 2.05) is 17.4 Å². The minimum Gasteiger partial charge on any atom is -0.135 e. The molecule has 4 aromatic rings. The van der Waals surface area contributed by atoms with Crippen molar-refractivity contribution in [3.05, 3.63) is 53.6 Å². The van der Waals surface area contributed by atoms with Gasteiger partial charge in [-0.1, -0.05) is 53.5 Å². The van der Waals surface area contributed by atoms with E-state index >= 15 is 0 Å². The highest BCUT2D eigenvalue weighted by Crippen LogP contribution is 2.38. The molecule has 0 atom stereocenters. The van der Waals surface area contributed by atoms with Crippen molar-refractivity contribution in [2.45, 2.75) is 0 Å². The third-order valence-electron chi connectivity index (χ3n) is 3.61. The Balaban J connectivity index is 2.31. The van der Waals surface area contributed by atoms with Gasteiger partial charge in [-0.15, -0.1) is 11.3 Å². The van der Waals surface area contributed by atoms with Gasteiger partial charge in [0.25, 0.3) is 0 Å². The maximum absolute atomic E-state index is 6.20. The summed E-state index contributed by atoms with van der Waals surface area (Å²) in [6.07, 6.45) is 0. The van der Waals surface area contributed by atoms with Crippen LogP contribution in [0.3, 0.4) is 0 Å².